The maximum atomic E-state index is 13.1. The number of fused-ring (bicyclic) bond motifs is 1. The van der Waals surface area contributed by atoms with Gasteiger partial charge in [-0.15, -0.1) is 0 Å². The largest absolute Gasteiger partial charge is 0.366 e. The molecule has 1 amide bonds. The van der Waals surface area contributed by atoms with Crippen molar-refractivity contribution < 1.29 is 13.9 Å². The van der Waals surface area contributed by atoms with E-state index in [1.165, 1.54) is 12.1 Å². The highest BCUT2D eigenvalue weighted by Gasteiger charge is 2.19. The van der Waals surface area contributed by atoms with Gasteiger partial charge >= 0.3 is 0 Å². The fourth-order valence-electron chi connectivity index (χ4n) is 2.39. The Bertz CT molecular complexity index is 906. The molecule has 7 nitrogen and oxygen atoms in total. The van der Waals surface area contributed by atoms with Crippen LogP contribution in [0.5, 0.6) is 0 Å². The molecule has 0 atom stereocenters. The molecule has 8 heteroatoms. The maximum Gasteiger partial charge on any atom is 0.251 e. The molecule has 3 rings (SSSR count). The first kappa shape index (κ1) is 17.1. The van der Waals surface area contributed by atoms with E-state index >= 15 is 0 Å². The number of ether oxygens (including phenoxy) is 1. The Labute approximate surface area is 144 Å². The van der Waals surface area contributed by atoms with Crippen LogP contribution in [0.1, 0.15) is 26.5 Å². The molecule has 1 aromatic carbocycles. The van der Waals surface area contributed by atoms with Gasteiger partial charge in [-0.05, 0) is 52.0 Å². The van der Waals surface area contributed by atoms with Gasteiger partial charge in [0.1, 0.15) is 18.2 Å². The van der Waals surface area contributed by atoms with Crippen LogP contribution in [-0.2, 0) is 9.53 Å². The van der Waals surface area contributed by atoms with Crippen molar-refractivity contribution in [3.63, 3.8) is 0 Å². The van der Waals surface area contributed by atoms with Crippen LogP contribution in [-0.4, -0.2) is 38.1 Å². The predicted molar refractivity (Wildman–Crippen MR) is 92.2 cm³/mol. The molecule has 0 bridgehead atoms. The van der Waals surface area contributed by atoms with Crippen molar-refractivity contribution in [2.45, 2.75) is 33.3 Å². The lowest BCUT2D eigenvalue weighted by Gasteiger charge is -2.18. The number of hydrogen-bond donors (Lipinski definition) is 2. The molecule has 0 radical (unpaired) electrons. The average molecular weight is 345 g/mol. The van der Waals surface area contributed by atoms with Crippen LogP contribution in [0, 0.1) is 12.7 Å². The standard InChI is InChI=1S/C17H20FN5O2/c1-10-14-15(19-13(24)9-25-17(2,3)4)20-21-16(14)23(22-10)12-7-5-11(18)6-8-12/h5-8H,9H2,1-4H3,(H2,19,20,21,24). The number of aromatic nitrogens is 4. The molecular formula is C17H20FN5O2. The molecule has 0 unspecified atom stereocenters. The monoisotopic (exact) mass is 345 g/mol. The number of aryl methyl sites for hydroxylation is 1. The van der Waals surface area contributed by atoms with E-state index in [-0.39, 0.29) is 18.3 Å². The molecule has 2 heterocycles. The lowest BCUT2D eigenvalue weighted by atomic mass is 10.2. The molecule has 0 aliphatic carbocycles. The minimum Gasteiger partial charge on any atom is -0.366 e. The van der Waals surface area contributed by atoms with Crippen LogP contribution >= 0.6 is 0 Å². The van der Waals surface area contributed by atoms with Crippen molar-refractivity contribution in [1.82, 2.24) is 20.0 Å². The second-order valence-electron chi connectivity index (χ2n) is 6.72. The Hall–Kier alpha value is -2.74. The van der Waals surface area contributed by atoms with E-state index in [4.69, 9.17) is 4.74 Å². The number of nitrogens with one attached hydrogen (secondary N) is 2. The second kappa shape index (κ2) is 6.29. The third kappa shape index (κ3) is 3.69. The second-order valence-corrected chi connectivity index (χ2v) is 6.72. The molecule has 0 aliphatic rings. The van der Waals surface area contributed by atoms with Gasteiger partial charge in [-0.2, -0.15) is 10.2 Å². The number of anilines is 1. The van der Waals surface area contributed by atoms with E-state index < -0.39 is 5.60 Å². The van der Waals surface area contributed by atoms with Gasteiger partial charge in [0.15, 0.2) is 5.65 Å². The highest BCUT2D eigenvalue weighted by atomic mass is 19.1. The Balaban J connectivity index is 1.87. The SMILES string of the molecule is Cc1nn(-c2ccc(F)cc2)c2n[nH]c(NC(=O)COC(C)(C)C)c12. The molecule has 132 valence electrons. The van der Waals surface area contributed by atoms with Crippen molar-refractivity contribution in [3.05, 3.63) is 35.8 Å². The van der Waals surface area contributed by atoms with E-state index in [2.05, 4.69) is 20.6 Å². The van der Waals surface area contributed by atoms with Gasteiger partial charge in [0.05, 0.1) is 22.4 Å². The van der Waals surface area contributed by atoms with E-state index in [0.29, 0.717) is 28.2 Å². The summed E-state index contributed by atoms with van der Waals surface area (Å²) >= 11 is 0. The summed E-state index contributed by atoms with van der Waals surface area (Å²) < 4.78 is 20.2. The number of rotatable bonds is 4. The minimum atomic E-state index is -0.399. The van der Waals surface area contributed by atoms with Gasteiger partial charge in [0.25, 0.3) is 5.91 Å². The minimum absolute atomic E-state index is 0.0604. The van der Waals surface area contributed by atoms with E-state index in [0.717, 1.165) is 0 Å². The molecular weight excluding hydrogens is 325 g/mol. The normalized spacial score (nSPS) is 11.9. The molecule has 25 heavy (non-hydrogen) atoms. The lowest BCUT2D eigenvalue weighted by Crippen LogP contribution is -2.27. The summed E-state index contributed by atoms with van der Waals surface area (Å²) in [7, 11) is 0. The average Bonchev–Trinajstić information content (AvgIpc) is 3.08. The molecule has 2 N–H and O–H groups in total. The van der Waals surface area contributed by atoms with E-state index in [1.54, 1.807) is 16.8 Å². The number of carbonyl (C=O) groups excluding carboxylic acids is 1. The molecule has 0 saturated carbocycles. The first-order valence-electron chi connectivity index (χ1n) is 7.88. The van der Waals surface area contributed by atoms with Crippen molar-refractivity contribution in [1.29, 1.82) is 0 Å². The van der Waals surface area contributed by atoms with E-state index in [1.807, 2.05) is 27.7 Å². The van der Waals surface area contributed by atoms with Gasteiger partial charge in [-0.25, -0.2) is 9.07 Å². The fraction of sp³-hybridized carbons (Fsp3) is 0.353. The predicted octanol–water partition coefficient (Wildman–Crippen LogP) is 2.95. The lowest BCUT2D eigenvalue weighted by molar-refractivity contribution is -0.125. The summed E-state index contributed by atoms with van der Waals surface area (Å²) in [5.41, 5.74) is 1.53. The summed E-state index contributed by atoms with van der Waals surface area (Å²) in [5.74, 6) is -0.143. The van der Waals surface area contributed by atoms with Crippen LogP contribution in [0.25, 0.3) is 16.7 Å². The molecule has 0 aliphatic heterocycles. The van der Waals surface area contributed by atoms with Crippen molar-refractivity contribution in [3.8, 4) is 5.69 Å². The number of carbonyl (C=O) groups is 1. The third-order valence-corrected chi connectivity index (χ3v) is 3.53. The number of halogens is 1. The number of aromatic amines is 1. The fourth-order valence-corrected chi connectivity index (χ4v) is 2.39. The highest BCUT2D eigenvalue weighted by Crippen LogP contribution is 2.26. The topological polar surface area (TPSA) is 84.8 Å². The maximum absolute atomic E-state index is 13.1. The third-order valence-electron chi connectivity index (χ3n) is 3.53. The Morgan fingerprint density at radius 2 is 2.00 bits per heavy atom. The number of H-pyrrole nitrogens is 1. The Morgan fingerprint density at radius 1 is 1.32 bits per heavy atom. The summed E-state index contributed by atoms with van der Waals surface area (Å²) in [4.78, 5) is 12.1. The summed E-state index contributed by atoms with van der Waals surface area (Å²) in [5, 5.41) is 14.9. The van der Waals surface area contributed by atoms with Gasteiger partial charge in [0.2, 0.25) is 0 Å². The van der Waals surface area contributed by atoms with Gasteiger partial charge in [-0.1, -0.05) is 0 Å². The van der Waals surface area contributed by atoms with Crippen LogP contribution in [0.3, 0.4) is 0 Å². The van der Waals surface area contributed by atoms with Crippen LogP contribution < -0.4 is 5.32 Å². The van der Waals surface area contributed by atoms with E-state index in [9.17, 15) is 9.18 Å². The first-order valence-corrected chi connectivity index (χ1v) is 7.88. The zero-order valence-electron chi connectivity index (χ0n) is 14.6. The molecule has 0 saturated heterocycles. The van der Waals surface area contributed by atoms with Crippen molar-refractivity contribution in [2.75, 3.05) is 11.9 Å². The van der Waals surface area contributed by atoms with Crippen molar-refractivity contribution in [2.24, 2.45) is 0 Å². The van der Waals surface area contributed by atoms with Crippen LogP contribution in [0.2, 0.25) is 0 Å². The van der Waals surface area contributed by atoms with Crippen molar-refractivity contribution >= 4 is 22.8 Å². The number of benzene rings is 1. The van der Waals surface area contributed by atoms with Gasteiger partial charge in [0, 0.05) is 0 Å². The smallest absolute Gasteiger partial charge is 0.251 e. The zero-order chi connectivity index (χ0) is 18.2. The zero-order valence-corrected chi connectivity index (χ0v) is 14.6. The molecule has 0 spiro atoms. The Kier molecular flexibility index (Phi) is 4.30. The Morgan fingerprint density at radius 3 is 2.64 bits per heavy atom. The molecule has 0 fully saturated rings. The number of hydrogen-bond acceptors (Lipinski definition) is 4. The first-order chi connectivity index (χ1) is 11.7. The number of amides is 1. The highest BCUT2D eigenvalue weighted by molar-refractivity contribution is 6.00. The molecule has 2 aromatic heterocycles. The van der Waals surface area contributed by atoms with Gasteiger partial charge in [-0.3, -0.25) is 9.89 Å². The summed E-state index contributed by atoms with van der Waals surface area (Å²) in [6, 6.07) is 5.95. The van der Waals surface area contributed by atoms with Crippen LogP contribution in [0.4, 0.5) is 10.2 Å². The number of nitrogens with zero attached hydrogens (tertiary/aromatic N) is 3. The summed E-state index contributed by atoms with van der Waals surface area (Å²) in [6.07, 6.45) is 0. The summed E-state index contributed by atoms with van der Waals surface area (Å²) in [6.45, 7) is 7.40. The molecule has 3 aromatic rings. The quantitative estimate of drug-likeness (QED) is 0.761. The van der Waals surface area contributed by atoms with Gasteiger partial charge < -0.3 is 10.1 Å². The van der Waals surface area contributed by atoms with Crippen LogP contribution in [0.15, 0.2) is 24.3 Å².